The minimum atomic E-state index is -1.18. The van der Waals surface area contributed by atoms with Gasteiger partial charge in [-0.25, -0.2) is 0 Å². The van der Waals surface area contributed by atoms with E-state index in [1.54, 1.807) is 0 Å². The van der Waals surface area contributed by atoms with Gasteiger partial charge < -0.3 is 0 Å². The van der Waals surface area contributed by atoms with E-state index in [1.807, 2.05) is 0 Å². The van der Waals surface area contributed by atoms with Gasteiger partial charge in [-0.05, 0) is 48.7 Å². The lowest BCUT2D eigenvalue weighted by Gasteiger charge is -2.45. The van der Waals surface area contributed by atoms with Crippen molar-refractivity contribution < 1.29 is 0 Å². The third kappa shape index (κ3) is 5.09. The molecule has 0 bridgehead atoms. The SMILES string of the molecule is C[Si](C)(C)C1(C/C=C/CC2([Si](C)(C)C)SCCCS2)SCCCS1. The number of rotatable bonds is 6. The first-order valence-corrected chi connectivity index (χ1v) is 20.3. The molecule has 24 heavy (non-hydrogen) atoms. The molecule has 0 unspecified atom stereocenters. The van der Waals surface area contributed by atoms with E-state index < -0.39 is 16.1 Å². The van der Waals surface area contributed by atoms with Crippen molar-refractivity contribution in [1.82, 2.24) is 0 Å². The molecule has 2 fully saturated rings. The second kappa shape index (κ2) is 8.72. The lowest BCUT2D eigenvalue weighted by Crippen LogP contribution is -2.49. The molecule has 0 nitrogen and oxygen atoms in total. The molecule has 0 amide bonds. The molecule has 0 aromatic carbocycles. The normalized spacial score (nSPS) is 25.1. The molecule has 0 N–H and O–H groups in total. The summed E-state index contributed by atoms with van der Waals surface area (Å²) in [5, 5.41) is 0. The van der Waals surface area contributed by atoms with Gasteiger partial charge in [0.15, 0.2) is 0 Å². The van der Waals surface area contributed by atoms with Crippen molar-refractivity contribution in [3.8, 4) is 0 Å². The van der Waals surface area contributed by atoms with Crippen LogP contribution in [0.25, 0.3) is 0 Å². The maximum absolute atomic E-state index is 2.57. The van der Waals surface area contributed by atoms with Crippen LogP contribution >= 0.6 is 47.0 Å². The second-order valence-electron chi connectivity index (χ2n) is 8.99. The van der Waals surface area contributed by atoms with Crippen molar-refractivity contribution in [2.75, 3.05) is 23.0 Å². The Hall–Kier alpha value is 1.57. The zero-order valence-electron chi connectivity index (χ0n) is 16.4. The molecule has 2 aliphatic heterocycles. The summed E-state index contributed by atoms with van der Waals surface area (Å²) in [4.78, 5) is 0. The van der Waals surface area contributed by atoms with Gasteiger partial charge in [0.25, 0.3) is 0 Å². The van der Waals surface area contributed by atoms with Gasteiger partial charge in [0.2, 0.25) is 0 Å². The molecule has 0 atom stereocenters. The predicted octanol–water partition coefficient (Wildman–Crippen LogP) is 7.21. The summed E-state index contributed by atoms with van der Waals surface area (Å²) in [6.07, 6.45) is 10.5. The molecule has 2 aliphatic rings. The fourth-order valence-electron chi connectivity index (χ4n) is 3.34. The number of hydrogen-bond donors (Lipinski definition) is 0. The Labute approximate surface area is 169 Å². The van der Waals surface area contributed by atoms with Gasteiger partial charge in [0.1, 0.15) is 0 Å². The summed E-state index contributed by atoms with van der Waals surface area (Å²) < 4.78 is 1.03. The van der Waals surface area contributed by atoms with Crippen LogP contribution in [0.4, 0.5) is 0 Å². The smallest absolute Gasteiger partial charge is 0.0756 e. The molecule has 6 heteroatoms. The van der Waals surface area contributed by atoms with Crippen molar-refractivity contribution in [3.05, 3.63) is 12.2 Å². The third-order valence-corrected chi connectivity index (χ3v) is 25.1. The molecule has 0 aromatic heterocycles. The Morgan fingerprint density at radius 1 is 0.625 bits per heavy atom. The molecule has 140 valence electrons. The number of allylic oxidation sites excluding steroid dienone is 2. The molecule has 0 radical (unpaired) electrons. The van der Waals surface area contributed by atoms with Crippen LogP contribution in [0.5, 0.6) is 0 Å². The average molecular weight is 437 g/mol. The van der Waals surface area contributed by atoms with Gasteiger partial charge in [-0.1, -0.05) is 51.4 Å². The Bertz CT molecular complexity index is 385. The zero-order valence-corrected chi connectivity index (χ0v) is 21.7. The molecule has 0 spiro atoms. The lowest BCUT2D eigenvalue weighted by atomic mass is 10.3. The van der Waals surface area contributed by atoms with E-state index >= 15 is 0 Å². The van der Waals surface area contributed by atoms with Gasteiger partial charge in [0, 0.05) is 0 Å². The van der Waals surface area contributed by atoms with E-state index in [0.29, 0.717) is 7.40 Å². The van der Waals surface area contributed by atoms with E-state index in [1.165, 1.54) is 48.7 Å². The first-order valence-electron chi connectivity index (χ1n) is 9.33. The molecular weight excluding hydrogens is 401 g/mol. The van der Waals surface area contributed by atoms with Crippen LogP contribution in [-0.2, 0) is 0 Å². The highest BCUT2D eigenvalue weighted by molar-refractivity contribution is 8.21. The molecule has 0 aliphatic carbocycles. The van der Waals surface area contributed by atoms with Crippen molar-refractivity contribution in [2.45, 2.75) is 72.4 Å². The molecule has 2 rings (SSSR count). The standard InChI is InChI=1S/C18H36S4Si2/c1-23(2,3)17(19-13-9-14-20-17)11-7-8-12-18(24(4,5)6)21-15-10-16-22-18/h7-8H,9-16H2,1-6H3/b8-7+. The van der Waals surface area contributed by atoms with E-state index in [2.05, 4.69) is 98.5 Å². The predicted molar refractivity (Wildman–Crippen MR) is 130 cm³/mol. The number of thioether (sulfide) groups is 4. The van der Waals surface area contributed by atoms with Crippen LogP contribution in [0.2, 0.25) is 39.3 Å². The van der Waals surface area contributed by atoms with Crippen molar-refractivity contribution in [1.29, 1.82) is 0 Å². The topological polar surface area (TPSA) is 0 Å². The highest BCUT2D eigenvalue weighted by atomic mass is 32.2. The van der Waals surface area contributed by atoms with E-state index in [4.69, 9.17) is 0 Å². The monoisotopic (exact) mass is 436 g/mol. The second-order valence-corrected chi connectivity index (χ2v) is 27.2. The molecule has 0 aromatic rings. The van der Waals surface area contributed by atoms with Crippen molar-refractivity contribution >= 4 is 63.2 Å². The molecule has 2 heterocycles. The van der Waals surface area contributed by atoms with Gasteiger partial charge in [0.05, 0.1) is 23.6 Å². The summed E-state index contributed by atoms with van der Waals surface area (Å²) >= 11 is 9.12. The maximum atomic E-state index is 2.57. The maximum Gasteiger partial charge on any atom is 0.0756 e. The van der Waals surface area contributed by atoms with E-state index in [-0.39, 0.29) is 0 Å². The summed E-state index contributed by atoms with van der Waals surface area (Å²) in [5.74, 6) is 5.48. The zero-order chi connectivity index (χ0) is 17.9. The Morgan fingerprint density at radius 3 is 1.17 bits per heavy atom. The van der Waals surface area contributed by atoms with Crippen LogP contribution < -0.4 is 0 Å². The fraction of sp³-hybridized carbons (Fsp3) is 0.889. The summed E-state index contributed by atoms with van der Waals surface area (Å²) in [6, 6.07) is 0. The summed E-state index contributed by atoms with van der Waals surface area (Å²) in [6.45, 7) is 15.4. The van der Waals surface area contributed by atoms with Gasteiger partial charge in [-0.2, -0.15) is 0 Å². The molecule has 2 saturated heterocycles. The van der Waals surface area contributed by atoms with Crippen LogP contribution in [-0.4, -0.2) is 46.6 Å². The Balaban J connectivity index is 2.03. The molecule has 0 saturated carbocycles. The van der Waals surface area contributed by atoms with Gasteiger partial charge in [-0.3, -0.25) is 0 Å². The summed E-state index contributed by atoms with van der Waals surface area (Å²) in [7, 11) is -2.36. The van der Waals surface area contributed by atoms with Crippen LogP contribution in [0, 0.1) is 0 Å². The highest BCUT2D eigenvalue weighted by Gasteiger charge is 2.46. The minimum Gasteiger partial charge on any atom is -0.147 e. The Kier molecular flexibility index (Phi) is 7.95. The first-order chi connectivity index (χ1) is 11.1. The van der Waals surface area contributed by atoms with E-state index in [9.17, 15) is 0 Å². The van der Waals surface area contributed by atoms with E-state index in [0.717, 1.165) is 0 Å². The first kappa shape index (κ1) is 21.9. The quantitative estimate of drug-likeness (QED) is 0.318. The van der Waals surface area contributed by atoms with Crippen molar-refractivity contribution in [3.63, 3.8) is 0 Å². The lowest BCUT2D eigenvalue weighted by molar-refractivity contribution is 0.965. The Morgan fingerprint density at radius 2 is 0.917 bits per heavy atom. The van der Waals surface area contributed by atoms with Crippen LogP contribution in [0.1, 0.15) is 25.7 Å². The van der Waals surface area contributed by atoms with Crippen LogP contribution in [0.15, 0.2) is 12.2 Å². The third-order valence-electron chi connectivity index (χ3n) is 5.14. The van der Waals surface area contributed by atoms with Crippen molar-refractivity contribution in [2.24, 2.45) is 0 Å². The fourth-order valence-corrected chi connectivity index (χ4v) is 18.3. The van der Waals surface area contributed by atoms with Crippen LogP contribution in [0.3, 0.4) is 0 Å². The molecular formula is C18H36S4Si2. The van der Waals surface area contributed by atoms with Gasteiger partial charge >= 0.3 is 0 Å². The highest BCUT2D eigenvalue weighted by Crippen LogP contribution is 2.52. The number of hydrogen-bond acceptors (Lipinski definition) is 4. The summed E-state index contributed by atoms with van der Waals surface area (Å²) in [5.41, 5.74) is 0. The average Bonchev–Trinajstić information content (AvgIpc) is 2.51. The largest absolute Gasteiger partial charge is 0.147 e. The minimum absolute atomic E-state index is 0.515. The van der Waals surface area contributed by atoms with Gasteiger partial charge in [-0.15, -0.1) is 47.0 Å².